The Hall–Kier alpha value is -13.0. The molecule has 1 aliphatic carbocycles. The molecular weight excluding hydrogens is 1330 g/mol. The van der Waals surface area contributed by atoms with Gasteiger partial charge in [-0.05, 0) is 263 Å². The van der Waals surface area contributed by atoms with E-state index in [0.29, 0.717) is 0 Å². The smallest absolute Gasteiger partial charge is 0.0737 e. The maximum Gasteiger partial charge on any atom is 0.0737 e. The first-order chi connectivity index (χ1) is 53.2. The number of aromatic amines is 4. The third kappa shape index (κ3) is 12.3. The van der Waals surface area contributed by atoms with Gasteiger partial charge in [0.05, 0.1) is 45.6 Å². The molecule has 8 nitrogen and oxygen atoms in total. The van der Waals surface area contributed by atoms with Crippen LogP contribution in [0.3, 0.4) is 0 Å². The lowest BCUT2D eigenvalue weighted by atomic mass is 9.85. The topological polar surface area (TPSA) is 115 Å². The Balaban J connectivity index is 0.795. The molecule has 8 aromatic carbocycles. The van der Waals surface area contributed by atoms with Crippen LogP contribution in [0.15, 0.2) is 218 Å². The zero-order chi connectivity index (χ0) is 73.7. The fourth-order valence-electron chi connectivity index (χ4n) is 17.1. The van der Waals surface area contributed by atoms with Crippen molar-refractivity contribution < 1.29 is 0 Å². The first kappa shape index (κ1) is 66.6. The number of nitrogens with zero attached hydrogens (tertiary/aromatic N) is 4. The zero-order valence-electron chi connectivity index (χ0n) is 62.7. The number of hydrogen-bond donors (Lipinski definition) is 4. The molecular formula is C101H82N8. The number of hydrogen-bond acceptors (Lipinski definition) is 4. The lowest BCUT2D eigenvalue weighted by Crippen LogP contribution is -2.05. The number of fused-ring (bicyclic) bond motifs is 20. The predicted octanol–water partition coefficient (Wildman–Crippen LogP) is 25.7. The summed E-state index contributed by atoms with van der Waals surface area (Å²) in [7, 11) is 0. The molecule has 0 saturated heterocycles. The van der Waals surface area contributed by atoms with Crippen molar-refractivity contribution in [3.8, 4) is 89.0 Å². The van der Waals surface area contributed by atoms with Gasteiger partial charge in [-0.15, -0.1) is 0 Å². The number of H-pyrrole nitrogens is 4. The Morgan fingerprint density at radius 3 is 0.752 bits per heavy atom. The molecule has 0 unspecified atom stereocenters. The van der Waals surface area contributed by atoms with E-state index in [4.69, 9.17) is 19.9 Å². The van der Waals surface area contributed by atoms with E-state index in [0.717, 1.165) is 205 Å². The van der Waals surface area contributed by atoms with Gasteiger partial charge in [-0.1, -0.05) is 203 Å². The lowest BCUT2D eigenvalue weighted by molar-refractivity contribution is 0.816. The summed E-state index contributed by atoms with van der Waals surface area (Å²) < 4.78 is 0. The van der Waals surface area contributed by atoms with Crippen LogP contribution in [-0.2, 0) is 25.7 Å². The third-order valence-electron chi connectivity index (χ3n) is 22.8. The molecule has 19 rings (SSSR count). The number of aromatic nitrogens is 8. The van der Waals surface area contributed by atoms with Gasteiger partial charge in [-0.2, -0.15) is 0 Å². The number of benzene rings is 8. The highest BCUT2D eigenvalue weighted by molar-refractivity contribution is 6.03. The molecule has 5 aliphatic rings. The third-order valence-corrected chi connectivity index (χ3v) is 22.8. The van der Waals surface area contributed by atoms with E-state index in [-0.39, 0.29) is 0 Å². The average molecular weight is 1410 g/mol. The minimum Gasteiger partial charge on any atom is -0.354 e. The Labute approximate surface area is 635 Å². The molecule has 0 atom stereocenters. The van der Waals surface area contributed by atoms with E-state index < -0.39 is 0 Å². The van der Waals surface area contributed by atoms with Crippen LogP contribution in [0.1, 0.15) is 119 Å². The van der Waals surface area contributed by atoms with Gasteiger partial charge in [0.15, 0.2) is 0 Å². The van der Waals surface area contributed by atoms with E-state index in [1.165, 1.54) is 72.3 Å². The highest BCUT2D eigenvalue weighted by atomic mass is 14.8. The maximum absolute atomic E-state index is 5.84. The number of nitrogens with one attached hydrogen (secondary N) is 4. The van der Waals surface area contributed by atoms with Gasteiger partial charge in [-0.3, -0.25) is 0 Å². The Bertz CT molecular complexity index is 6490. The summed E-state index contributed by atoms with van der Waals surface area (Å²) in [5.41, 5.74) is 47.4. The molecule has 0 amide bonds. The van der Waals surface area contributed by atoms with Gasteiger partial charge in [0.25, 0.3) is 0 Å². The van der Waals surface area contributed by atoms with E-state index >= 15 is 0 Å². The Kier molecular flexibility index (Phi) is 16.6. The monoisotopic (exact) mass is 1410 g/mol. The van der Waals surface area contributed by atoms with Crippen molar-refractivity contribution >= 4 is 92.7 Å². The summed E-state index contributed by atoms with van der Waals surface area (Å²) >= 11 is 0. The molecule has 6 aromatic heterocycles. The molecule has 14 aromatic rings. The Morgan fingerprint density at radius 1 is 0.220 bits per heavy atom. The summed E-state index contributed by atoms with van der Waals surface area (Å²) in [5, 5.41) is 0. The number of aryl methyl sites for hydroxylation is 9. The van der Waals surface area contributed by atoms with Crippen molar-refractivity contribution in [3.05, 3.63) is 331 Å². The summed E-state index contributed by atoms with van der Waals surface area (Å²) in [6.07, 6.45) is 22.0. The molecule has 8 heteroatoms. The van der Waals surface area contributed by atoms with Crippen LogP contribution in [0, 0.1) is 55.4 Å². The SMILES string of the molecule is Cc1ccc(-c2c3nc(c(-c4ccc(C)cc4)c4ccc([nH]4)c(-c4cc5cc(c4)CCc4c(C)cc(-c6c7nc(c(-c8ccc(C)cc8)c8ccc([nH]8)c(-c8ccc(C)cc8)c8nc(c(-c9ccc(C)cc9)c9ccc6[nH]9)C=C8)C=C7)c(c4C)CCC5)c4nc(c(-c5ccc(C)cc5)c5ccc2[nH]5)C=C4)C=C3)cc1. The molecule has 109 heavy (non-hydrogen) atoms. The van der Waals surface area contributed by atoms with E-state index in [1.807, 2.05) is 0 Å². The first-order valence-corrected chi connectivity index (χ1v) is 38.2. The van der Waals surface area contributed by atoms with Crippen LogP contribution in [0.25, 0.3) is 182 Å². The summed E-state index contributed by atoms with van der Waals surface area (Å²) in [5.74, 6) is 0. The second-order valence-corrected chi connectivity index (χ2v) is 30.4. The first-order valence-electron chi connectivity index (χ1n) is 38.2. The summed E-state index contributed by atoms with van der Waals surface area (Å²) in [4.78, 5) is 39.0. The van der Waals surface area contributed by atoms with Gasteiger partial charge < -0.3 is 19.9 Å². The van der Waals surface area contributed by atoms with Crippen LogP contribution < -0.4 is 0 Å². The van der Waals surface area contributed by atoms with Gasteiger partial charge in [0.1, 0.15) is 0 Å². The van der Waals surface area contributed by atoms with Crippen LogP contribution >= 0.6 is 0 Å². The molecule has 0 saturated carbocycles. The Morgan fingerprint density at radius 2 is 0.468 bits per heavy atom. The molecule has 0 spiro atoms. The quantitative estimate of drug-likeness (QED) is 0.121. The zero-order valence-corrected chi connectivity index (χ0v) is 62.7. The number of rotatable bonds is 8. The van der Waals surface area contributed by atoms with Gasteiger partial charge in [0, 0.05) is 88.6 Å². The van der Waals surface area contributed by atoms with Crippen molar-refractivity contribution in [1.82, 2.24) is 39.9 Å². The summed E-state index contributed by atoms with van der Waals surface area (Å²) in [6, 6.07) is 80.8. The van der Waals surface area contributed by atoms with E-state index in [9.17, 15) is 0 Å². The molecule has 20 bridgehead atoms. The lowest BCUT2D eigenvalue weighted by Gasteiger charge is -2.20. The highest BCUT2D eigenvalue weighted by Gasteiger charge is 2.26. The van der Waals surface area contributed by atoms with Crippen LogP contribution in [0.5, 0.6) is 0 Å². The predicted molar refractivity (Wildman–Crippen MR) is 459 cm³/mol. The minimum atomic E-state index is 0.852. The van der Waals surface area contributed by atoms with Crippen molar-refractivity contribution in [1.29, 1.82) is 0 Å². The van der Waals surface area contributed by atoms with Gasteiger partial charge >= 0.3 is 0 Å². The van der Waals surface area contributed by atoms with Crippen molar-refractivity contribution in [2.24, 2.45) is 0 Å². The second-order valence-electron chi connectivity index (χ2n) is 30.4. The normalized spacial score (nSPS) is 13.0. The van der Waals surface area contributed by atoms with E-state index in [1.54, 1.807) is 0 Å². The molecule has 526 valence electrons. The standard InChI is InChI=1S/C101H82N8/c1-58-12-25-68(26-13-58)94-78-38-40-82(102-78)96(70-29-16-60(3)17-30-70)86-46-48-90(106-86)100(91-49-47-87(107-91)97(83-41-39-79(94)103-83)71-31-18-61(4)19-32-71)74-56-66-10-9-11-76-65(8)75(37-24-67(55-66)57-74)64(7)54-77(76)101-92-52-50-88(108-92)98(72-33-20-62(5)21-34-72)84-44-42-80(104-84)95(69-27-14-59(2)15-28-69)81-43-45-85(105-81)99(89-51-53-93(101)109-89)73-35-22-63(6)23-36-73/h12-23,25-36,38-57,102,104,107,109H,9-11,24,37H2,1-8H3. The second kappa shape index (κ2) is 27.1. The van der Waals surface area contributed by atoms with Crippen molar-refractivity contribution in [3.63, 3.8) is 0 Å². The molecule has 4 N–H and O–H groups in total. The molecule has 0 radical (unpaired) electrons. The average Bonchev–Trinajstić information content (AvgIpc) is 1.64. The fourth-order valence-corrected chi connectivity index (χ4v) is 17.1. The van der Waals surface area contributed by atoms with E-state index in [2.05, 4.69) is 342 Å². The largest absolute Gasteiger partial charge is 0.354 e. The molecule has 0 fully saturated rings. The van der Waals surface area contributed by atoms with Crippen molar-refractivity contribution in [2.75, 3.05) is 0 Å². The maximum atomic E-state index is 5.84. The van der Waals surface area contributed by atoms with Crippen LogP contribution in [0.4, 0.5) is 0 Å². The molecule has 4 aliphatic heterocycles. The van der Waals surface area contributed by atoms with Crippen LogP contribution in [-0.4, -0.2) is 39.9 Å². The van der Waals surface area contributed by atoms with Gasteiger partial charge in [-0.25, -0.2) is 19.9 Å². The minimum absolute atomic E-state index is 0.852. The van der Waals surface area contributed by atoms with Crippen LogP contribution in [0.2, 0.25) is 0 Å². The highest BCUT2D eigenvalue weighted by Crippen LogP contribution is 2.45. The summed E-state index contributed by atoms with van der Waals surface area (Å²) in [6.45, 7) is 17.6. The molecule has 10 heterocycles. The fraction of sp³-hybridized carbons (Fsp3) is 0.129. The van der Waals surface area contributed by atoms with Gasteiger partial charge in [0.2, 0.25) is 0 Å². The van der Waals surface area contributed by atoms with Crippen molar-refractivity contribution in [2.45, 2.75) is 87.5 Å².